The van der Waals surface area contributed by atoms with Crippen molar-refractivity contribution < 1.29 is 4.79 Å². The summed E-state index contributed by atoms with van der Waals surface area (Å²) >= 11 is 5.09. The average Bonchev–Trinajstić information content (AvgIpc) is 2.92. The van der Waals surface area contributed by atoms with Gasteiger partial charge < -0.3 is 16.0 Å². The highest BCUT2D eigenvalue weighted by Crippen LogP contribution is 2.20. The molecule has 0 unspecified atom stereocenters. The number of nitrogens with zero attached hydrogens (tertiary/aromatic N) is 2. The average molecular weight is 566 g/mol. The molecule has 0 fully saturated rings. The number of guanidine groups is 1. The van der Waals surface area contributed by atoms with Gasteiger partial charge in [0.25, 0.3) is 0 Å². The third kappa shape index (κ3) is 7.74. The van der Waals surface area contributed by atoms with Crippen LogP contribution in [0.15, 0.2) is 27.7 Å². The maximum Gasteiger partial charge on any atom is 0.226 e. The molecular weight excluding hydrogens is 541 g/mol. The maximum atomic E-state index is 12.1. The number of aromatic nitrogens is 1. The number of halogens is 2. The Morgan fingerprint density at radius 1 is 1.26 bits per heavy atom. The van der Waals surface area contributed by atoms with Crippen LogP contribution in [0.3, 0.4) is 0 Å². The highest BCUT2D eigenvalue weighted by atomic mass is 127. The predicted molar refractivity (Wildman–Crippen MR) is 127 cm³/mol. The quantitative estimate of drug-likeness (QED) is 0.279. The van der Waals surface area contributed by atoms with Gasteiger partial charge in [0.2, 0.25) is 5.91 Å². The Balaban J connectivity index is 0.00000364. The van der Waals surface area contributed by atoms with Crippen molar-refractivity contribution in [3.63, 3.8) is 0 Å². The van der Waals surface area contributed by atoms with Crippen LogP contribution in [0.4, 0.5) is 5.69 Å². The lowest BCUT2D eigenvalue weighted by Crippen LogP contribution is -2.38. The van der Waals surface area contributed by atoms with E-state index >= 15 is 0 Å². The van der Waals surface area contributed by atoms with Crippen molar-refractivity contribution in [2.45, 2.75) is 33.7 Å². The summed E-state index contributed by atoms with van der Waals surface area (Å²) < 4.78 is 0.939. The molecule has 1 aromatic carbocycles. The minimum atomic E-state index is -0.0414. The number of rotatable bonds is 6. The molecule has 0 spiro atoms. The third-order valence-electron chi connectivity index (χ3n) is 3.82. The number of thiazole rings is 1. The molecule has 2 aromatic rings. The molecule has 1 aromatic heterocycles. The number of hydrogen-bond donors (Lipinski definition) is 3. The lowest BCUT2D eigenvalue weighted by molar-refractivity contribution is -0.116. The van der Waals surface area contributed by atoms with Crippen LogP contribution in [0.25, 0.3) is 0 Å². The Labute approximate surface area is 189 Å². The van der Waals surface area contributed by atoms with E-state index in [-0.39, 0.29) is 29.9 Å². The van der Waals surface area contributed by atoms with E-state index in [1.807, 2.05) is 32.0 Å². The van der Waals surface area contributed by atoms with Crippen molar-refractivity contribution in [3.05, 3.63) is 43.8 Å². The Morgan fingerprint density at radius 2 is 2.00 bits per heavy atom. The number of amides is 1. The van der Waals surface area contributed by atoms with Gasteiger partial charge in [0, 0.05) is 35.1 Å². The normalized spacial score (nSPS) is 10.9. The van der Waals surface area contributed by atoms with Crippen LogP contribution >= 0.6 is 51.2 Å². The number of anilines is 1. The van der Waals surface area contributed by atoms with Crippen LogP contribution in [0.2, 0.25) is 0 Å². The molecule has 1 amide bonds. The molecule has 0 aliphatic heterocycles. The molecule has 148 valence electrons. The van der Waals surface area contributed by atoms with Crippen LogP contribution in [-0.2, 0) is 11.3 Å². The topological polar surface area (TPSA) is 78.4 Å². The fourth-order valence-corrected chi connectivity index (χ4v) is 3.47. The van der Waals surface area contributed by atoms with Crippen molar-refractivity contribution in [2.75, 3.05) is 18.9 Å². The predicted octanol–water partition coefficient (Wildman–Crippen LogP) is 4.14. The van der Waals surface area contributed by atoms with Crippen molar-refractivity contribution in [3.8, 4) is 0 Å². The number of aryl methyl sites for hydroxylation is 3. The van der Waals surface area contributed by atoms with Gasteiger partial charge >= 0.3 is 0 Å². The van der Waals surface area contributed by atoms with Gasteiger partial charge in [-0.2, -0.15) is 0 Å². The van der Waals surface area contributed by atoms with Gasteiger partial charge in [0.1, 0.15) is 5.01 Å². The molecule has 0 radical (unpaired) electrons. The molecule has 0 saturated heterocycles. The third-order valence-corrected chi connectivity index (χ3v) is 5.39. The van der Waals surface area contributed by atoms with Crippen LogP contribution < -0.4 is 16.0 Å². The summed E-state index contributed by atoms with van der Waals surface area (Å²) in [7, 11) is 1.71. The van der Waals surface area contributed by atoms with E-state index in [0.717, 1.165) is 26.4 Å². The fourth-order valence-electron chi connectivity index (χ4n) is 2.23. The zero-order valence-electron chi connectivity index (χ0n) is 15.9. The number of nitrogens with one attached hydrogen (secondary N) is 3. The summed E-state index contributed by atoms with van der Waals surface area (Å²) in [4.78, 5) is 22.0. The smallest absolute Gasteiger partial charge is 0.226 e. The molecular formula is C18H25BrIN5OS. The molecule has 2 rings (SSSR count). The van der Waals surface area contributed by atoms with Crippen molar-refractivity contribution in [1.29, 1.82) is 0 Å². The summed E-state index contributed by atoms with van der Waals surface area (Å²) in [5.41, 5.74) is 2.91. The van der Waals surface area contributed by atoms with Gasteiger partial charge in [-0.05, 0) is 38.5 Å². The molecule has 3 N–H and O–H groups in total. The number of carbonyl (C=O) groups excluding carboxylic acids is 1. The van der Waals surface area contributed by atoms with Gasteiger partial charge in [-0.25, -0.2) is 4.98 Å². The second-order valence-corrected chi connectivity index (χ2v) is 8.06. The molecule has 0 saturated carbocycles. The van der Waals surface area contributed by atoms with Crippen LogP contribution in [0.1, 0.15) is 27.6 Å². The van der Waals surface area contributed by atoms with Crippen LogP contribution in [0.5, 0.6) is 0 Å². The second kappa shape index (κ2) is 11.6. The molecule has 0 atom stereocenters. The van der Waals surface area contributed by atoms with Crippen molar-refractivity contribution >= 4 is 68.8 Å². The lowest BCUT2D eigenvalue weighted by atomic mass is 10.2. The first-order valence-corrected chi connectivity index (χ1v) is 9.93. The van der Waals surface area contributed by atoms with Crippen LogP contribution in [0, 0.1) is 20.8 Å². The lowest BCUT2D eigenvalue weighted by Gasteiger charge is -2.12. The zero-order valence-corrected chi connectivity index (χ0v) is 20.6. The number of carbonyl (C=O) groups is 1. The first-order valence-electron chi connectivity index (χ1n) is 8.32. The molecule has 27 heavy (non-hydrogen) atoms. The Kier molecular flexibility index (Phi) is 10.2. The molecule has 9 heteroatoms. The first-order chi connectivity index (χ1) is 12.4. The Morgan fingerprint density at radius 3 is 2.63 bits per heavy atom. The van der Waals surface area contributed by atoms with E-state index < -0.39 is 0 Å². The maximum absolute atomic E-state index is 12.1. The largest absolute Gasteiger partial charge is 0.356 e. The SMILES string of the molecule is CN=C(NCCC(=O)Nc1cc(Br)ccc1C)NCc1nc(C)c(C)s1.I. The summed E-state index contributed by atoms with van der Waals surface area (Å²) in [6.07, 6.45) is 0.349. The van der Waals surface area contributed by atoms with E-state index in [2.05, 4.69) is 48.8 Å². The number of aliphatic imine (C=N–C) groups is 1. The van der Waals surface area contributed by atoms with E-state index in [4.69, 9.17) is 0 Å². The molecule has 6 nitrogen and oxygen atoms in total. The summed E-state index contributed by atoms with van der Waals surface area (Å²) in [6.45, 7) is 7.15. The second-order valence-electron chi connectivity index (χ2n) is 5.86. The zero-order chi connectivity index (χ0) is 19.1. The van der Waals surface area contributed by atoms with Gasteiger partial charge in [0.05, 0.1) is 12.2 Å². The molecule has 1 heterocycles. The van der Waals surface area contributed by atoms with E-state index in [1.165, 1.54) is 4.88 Å². The van der Waals surface area contributed by atoms with E-state index in [0.29, 0.717) is 25.5 Å². The highest BCUT2D eigenvalue weighted by Gasteiger charge is 2.07. The van der Waals surface area contributed by atoms with E-state index in [1.54, 1.807) is 18.4 Å². The minimum Gasteiger partial charge on any atom is -0.356 e. The van der Waals surface area contributed by atoms with Crippen molar-refractivity contribution in [1.82, 2.24) is 15.6 Å². The number of benzene rings is 1. The molecule has 0 bridgehead atoms. The summed E-state index contributed by atoms with van der Waals surface area (Å²) in [6, 6.07) is 5.82. The van der Waals surface area contributed by atoms with Gasteiger partial charge in [-0.15, -0.1) is 35.3 Å². The highest BCUT2D eigenvalue weighted by molar-refractivity contribution is 14.0. The van der Waals surface area contributed by atoms with Gasteiger partial charge in [-0.3, -0.25) is 9.79 Å². The standard InChI is InChI=1S/C18H24BrN5OS.HI/c1-11-5-6-14(19)9-15(11)24-16(25)7-8-21-18(20-4)22-10-17-23-12(2)13(3)26-17;/h5-6,9H,7-8,10H2,1-4H3,(H,24,25)(H2,20,21,22);1H. The Bertz CT molecular complexity index is 790. The molecule has 0 aliphatic rings. The first kappa shape index (κ1) is 23.8. The minimum absolute atomic E-state index is 0. The number of hydrogen-bond acceptors (Lipinski definition) is 4. The summed E-state index contributed by atoms with van der Waals surface area (Å²) in [5.74, 6) is 0.613. The van der Waals surface area contributed by atoms with E-state index in [9.17, 15) is 4.79 Å². The van der Waals surface area contributed by atoms with Gasteiger partial charge in [0.15, 0.2) is 5.96 Å². The Hall–Kier alpha value is -1.20. The van der Waals surface area contributed by atoms with Crippen LogP contribution in [-0.4, -0.2) is 30.4 Å². The fraction of sp³-hybridized carbons (Fsp3) is 0.389. The monoisotopic (exact) mass is 565 g/mol. The van der Waals surface area contributed by atoms with Crippen molar-refractivity contribution in [2.24, 2.45) is 4.99 Å². The summed E-state index contributed by atoms with van der Waals surface area (Å²) in [5, 5.41) is 10.3. The molecule has 0 aliphatic carbocycles. The van der Waals surface area contributed by atoms with Gasteiger partial charge in [-0.1, -0.05) is 22.0 Å².